The van der Waals surface area contributed by atoms with Gasteiger partial charge in [-0.1, -0.05) is 0 Å². The van der Waals surface area contributed by atoms with E-state index in [0.29, 0.717) is 5.01 Å². The number of carboxylic acid groups (broad SMARTS) is 1. The fraction of sp³-hybridized carbons (Fsp3) is 0.167. The van der Waals surface area contributed by atoms with Gasteiger partial charge < -0.3 is 9.84 Å². The number of hydrogen-bond donors (Lipinski definition) is 1. The van der Waals surface area contributed by atoms with Crippen molar-refractivity contribution in [3.05, 3.63) is 34.6 Å². The van der Waals surface area contributed by atoms with Crippen molar-refractivity contribution in [2.45, 2.75) is 6.92 Å². The Morgan fingerprint density at radius 3 is 2.72 bits per heavy atom. The first kappa shape index (κ1) is 12.5. The monoisotopic (exact) mass is 267 g/mol. The lowest BCUT2D eigenvalue weighted by molar-refractivity contribution is 0.0691. The molecule has 1 aromatic carbocycles. The molecular weight excluding hydrogens is 257 g/mol. The van der Waals surface area contributed by atoms with E-state index in [4.69, 9.17) is 9.84 Å². The first-order valence-corrected chi connectivity index (χ1v) is 5.88. The third kappa shape index (κ3) is 2.19. The molecule has 18 heavy (non-hydrogen) atoms. The highest BCUT2D eigenvalue weighted by atomic mass is 32.1. The number of carbonyl (C=O) groups is 1. The standard InChI is InChI=1S/C12H10FNO3S/c1-6-5-14-11(18-6)8-3-7(17-2)4-9(10(8)13)12(15)16/h3-5H,1-2H3,(H,15,16). The van der Waals surface area contributed by atoms with E-state index in [2.05, 4.69) is 4.98 Å². The minimum atomic E-state index is -1.33. The normalized spacial score (nSPS) is 10.4. The third-order valence-electron chi connectivity index (χ3n) is 2.36. The molecular formula is C12H10FNO3S. The largest absolute Gasteiger partial charge is 0.497 e. The Morgan fingerprint density at radius 2 is 2.22 bits per heavy atom. The molecule has 0 radical (unpaired) electrons. The number of carboxylic acids is 1. The molecule has 6 heteroatoms. The van der Waals surface area contributed by atoms with E-state index in [1.165, 1.54) is 24.5 Å². The Labute approximate surface area is 107 Å². The SMILES string of the molecule is COc1cc(C(=O)O)c(F)c(-c2ncc(C)s2)c1. The quantitative estimate of drug-likeness (QED) is 0.928. The molecule has 0 saturated heterocycles. The zero-order chi connectivity index (χ0) is 13.3. The molecule has 0 bridgehead atoms. The highest BCUT2D eigenvalue weighted by Crippen LogP contribution is 2.32. The lowest BCUT2D eigenvalue weighted by atomic mass is 10.1. The van der Waals surface area contributed by atoms with Crippen molar-refractivity contribution in [2.24, 2.45) is 0 Å². The average molecular weight is 267 g/mol. The van der Waals surface area contributed by atoms with E-state index in [9.17, 15) is 9.18 Å². The summed E-state index contributed by atoms with van der Waals surface area (Å²) in [4.78, 5) is 15.9. The second-order valence-corrected chi connectivity index (χ2v) is 4.85. The molecule has 4 nitrogen and oxygen atoms in total. The van der Waals surface area contributed by atoms with Gasteiger partial charge in [0.25, 0.3) is 0 Å². The predicted molar refractivity (Wildman–Crippen MR) is 65.8 cm³/mol. The number of aromatic carboxylic acids is 1. The maximum atomic E-state index is 14.1. The van der Waals surface area contributed by atoms with Crippen molar-refractivity contribution in [1.29, 1.82) is 0 Å². The van der Waals surface area contributed by atoms with Crippen molar-refractivity contribution < 1.29 is 19.0 Å². The van der Waals surface area contributed by atoms with Gasteiger partial charge in [-0.15, -0.1) is 11.3 Å². The van der Waals surface area contributed by atoms with Crippen LogP contribution in [0.1, 0.15) is 15.2 Å². The Balaban J connectivity index is 2.66. The molecule has 94 valence electrons. The van der Waals surface area contributed by atoms with Crippen molar-refractivity contribution >= 4 is 17.3 Å². The summed E-state index contributed by atoms with van der Waals surface area (Å²) in [7, 11) is 1.40. The summed E-state index contributed by atoms with van der Waals surface area (Å²) in [6.45, 7) is 1.84. The molecule has 0 unspecified atom stereocenters. The summed E-state index contributed by atoms with van der Waals surface area (Å²) >= 11 is 1.30. The summed E-state index contributed by atoms with van der Waals surface area (Å²) in [6.07, 6.45) is 1.61. The molecule has 0 aliphatic rings. The highest BCUT2D eigenvalue weighted by molar-refractivity contribution is 7.14. The molecule has 0 aliphatic heterocycles. The number of benzene rings is 1. The predicted octanol–water partition coefficient (Wildman–Crippen LogP) is 2.96. The van der Waals surface area contributed by atoms with Crippen LogP contribution in [-0.2, 0) is 0 Å². The Morgan fingerprint density at radius 1 is 1.50 bits per heavy atom. The van der Waals surface area contributed by atoms with Crippen molar-refractivity contribution in [2.75, 3.05) is 7.11 Å². The maximum Gasteiger partial charge on any atom is 0.338 e. The smallest absolute Gasteiger partial charge is 0.338 e. The van der Waals surface area contributed by atoms with E-state index in [1.807, 2.05) is 6.92 Å². The number of aromatic nitrogens is 1. The van der Waals surface area contributed by atoms with E-state index in [-0.39, 0.29) is 11.3 Å². The lowest BCUT2D eigenvalue weighted by Crippen LogP contribution is -2.03. The maximum absolute atomic E-state index is 14.1. The minimum Gasteiger partial charge on any atom is -0.497 e. The molecule has 1 aromatic heterocycles. The fourth-order valence-corrected chi connectivity index (χ4v) is 2.28. The summed E-state index contributed by atoms with van der Waals surface area (Å²) in [5, 5.41) is 9.39. The number of methoxy groups -OCH3 is 1. The van der Waals surface area contributed by atoms with Crippen LogP contribution >= 0.6 is 11.3 Å². The van der Waals surface area contributed by atoms with E-state index < -0.39 is 17.3 Å². The first-order chi connectivity index (χ1) is 8.52. The van der Waals surface area contributed by atoms with Crippen molar-refractivity contribution in [1.82, 2.24) is 4.98 Å². The van der Waals surface area contributed by atoms with E-state index in [0.717, 1.165) is 10.9 Å². The summed E-state index contributed by atoms with van der Waals surface area (Å²) < 4.78 is 19.0. The molecule has 0 atom stereocenters. The third-order valence-corrected chi connectivity index (χ3v) is 3.31. The van der Waals surface area contributed by atoms with E-state index >= 15 is 0 Å². The number of halogens is 1. The van der Waals surface area contributed by atoms with Crippen LogP contribution in [0.15, 0.2) is 18.3 Å². The van der Waals surface area contributed by atoms with Crippen molar-refractivity contribution in [3.8, 4) is 16.3 Å². The second kappa shape index (κ2) is 4.73. The summed E-state index contributed by atoms with van der Waals surface area (Å²) in [5.41, 5.74) is -0.276. The molecule has 1 N–H and O–H groups in total. The van der Waals surface area contributed by atoms with Gasteiger partial charge in [0.15, 0.2) is 0 Å². The van der Waals surface area contributed by atoms with Gasteiger partial charge in [-0.3, -0.25) is 0 Å². The summed E-state index contributed by atoms with van der Waals surface area (Å²) in [6, 6.07) is 2.60. The molecule has 2 rings (SSSR count). The Bertz CT molecular complexity index is 609. The van der Waals surface area contributed by atoms with Gasteiger partial charge >= 0.3 is 5.97 Å². The molecule has 0 spiro atoms. The number of ether oxygens (including phenoxy) is 1. The van der Waals surface area contributed by atoms with Gasteiger partial charge in [0, 0.05) is 11.1 Å². The molecule has 2 aromatic rings. The zero-order valence-corrected chi connectivity index (χ0v) is 10.5. The van der Waals surface area contributed by atoms with Crippen LogP contribution in [0.2, 0.25) is 0 Å². The highest BCUT2D eigenvalue weighted by Gasteiger charge is 2.19. The topological polar surface area (TPSA) is 59.4 Å². The number of hydrogen-bond acceptors (Lipinski definition) is 4. The molecule has 0 aliphatic carbocycles. The number of thiazole rings is 1. The van der Waals surface area contributed by atoms with Gasteiger partial charge in [-0.25, -0.2) is 14.2 Å². The zero-order valence-electron chi connectivity index (χ0n) is 9.73. The van der Waals surface area contributed by atoms with Gasteiger partial charge in [0.2, 0.25) is 0 Å². The molecule has 0 saturated carbocycles. The summed E-state index contributed by atoms with van der Waals surface area (Å²) in [5.74, 6) is -1.84. The van der Waals surface area contributed by atoms with Crippen LogP contribution in [0, 0.1) is 12.7 Å². The van der Waals surface area contributed by atoms with Gasteiger partial charge in [0.1, 0.15) is 16.6 Å². The van der Waals surface area contributed by atoms with Crippen LogP contribution in [0.3, 0.4) is 0 Å². The average Bonchev–Trinajstić information content (AvgIpc) is 2.75. The number of nitrogens with zero attached hydrogens (tertiary/aromatic N) is 1. The van der Waals surface area contributed by atoms with Gasteiger partial charge in [0.05, 0.1) is 18.2 Å². The molecule has 0 fully saturated rings. The van der Waals surface area contributed by atoms with Crippen LogP contribution in [-0.4, -0.2) is 23.2 Å². The number of aryl methyl sites for hydroxylation is 1. The van der Waals surface area contributed by atoms with Crippen LogP contribution in [0.4, 0.5) is 4.39 Å². The van der Waals surface area contributed by atoms with Crippen LogP contribution in [0.5, 0.6) is 5.75 Å². The molecule has 1 heterocycles. The fourth-order valence-electron chi connectivity index (χ4n) is 1.51. The van der Waals surface area contributed by atoms with E-state index in [1.54, 1.807) is 6.20 Å². The van der Waals surface area contributed by atoms with Gasteiger partial charge in [-0.2, -0.15) is 0 Å². The Hall–Kier alpha value is -1.95. The lowest BCUT2D eigenvalue weighted by Gasteiger charge is -2.07. The minimum absolute atomic E-state index is 0.143. The van der Waals surface area contributed by atoms with Gasteiger partial charge in [-0.05, 0) is 19.1 Å². The first-order valence-electron chi connectivity index (χ1n) is 5.06. The second-order valence-electron chi connectivity index (χ2n) is 3.62. The van der Waals surface area contributed by atoms with Crippen LogP contribution < -0.4 is 4.74 Å². The Kier molecular flexibility index (Phi) is 3.29. The molecule has 0 amide bonds. The number of rotatable bonds is 3. The van der Waals surface area contributed by atoms with Crippen LogP contribution in [0.25, 0.3) is 10.6 Å². The van der Waals surface area contributed by atoms with Crippen molar-refractivity contribution in [3.63, 3.8) is 0 Å².